The fraction of sp³-hybridized carbons (Fsp3) is 0.250. The first-order valence-electron chi connectivity index (χ1n) is 3.84. The van der Waals surface area contributed by atoms with E-state index in [-0.39, 0.29) is 17.8 Å². The zero-order valence-electron chi connectivity index (χ0n) is 7.11. The van der Waals surface area contributed by atoms with E-state index < -0.39 is 11.1 Å². The SMILES string of the molecule is NCC(F)c1ccc(Br)cc1[N+](=O)[O-]. The molecule has 1 atom stereocenters. The number of nitrogens with two attached hydrogens (primary N) is 1. The topological polar surface area (TPSA) is 69.2 Å². The molecule has 0 fully saturated rings. The Morgan fingerprint density at radius 3 is 2.79 bits per heavy atom. The molecule has 0 bridgehead atoms. The number of nitrogens with zero attached hydrogens (tertiary/aromatic N) is 1. The van der Waals surface area contributed by atoms with Gasteiger partial charge in [0.25, 0.3) is 5.69 Å². The highest BCUT2D eigenvalue weighted by atomic mass is 79.9. The lowest BCUT2D eigenvalue weighted by atomic mass is 10.1. The van der Waals surface area contributed by atoms with Crippen molar-refractivity contribution >= 4 is 21.6 Å². The van der Waals surface area contributed by atoms with Crippen LogP contribution in [-0.2, 0) is 0 Å². The predicted molar refractivity (Wildman–Crippen MR) is 53.7 cm³/mol. The van der Waals surface area contributed by atoms with Crippen LogP contribution in [0.3, 0.4) is 0 Å². The van der Waals surface area contributed by atoms with Gasteiger partial charge in [-0.05, 0) is 12.1 Å². The summed E-state index contributed by atoms with van der Waals surface area (Å²) in [6, 6.07) is 4.17. The maximum Gasteiger partial charge on any atom is 0.276 e. The molecule has 0 aliphatic rings. The third-order valence-electron chi connectivity index (χ3n) is 1.73. The molecule has 1 rings (SSSR count). The van der Waals surface area contributed by atoms with E-state index >= 15 is 0 Å². The van der Waals surface area contributed by atoms with Gasteiger partial charge in [-0.1, -0.05) is 15.9 Å². The molecule has 6 heteroatoms. The highest BCUT2D eigenvalue weighted by molar-refractivity contribution is 9.10. The lowest BCUT2D eigenvalue weighted by molar-refractivity contribution is -0.386. The van der Waals surface area contributed by atoms with Gasteiger partial charge in [0.05, 0.1) is 10.5 Å². The summed E-state index contributed by atoms with van der Waals surface area (Å²) in [5.41, 5.74) is 4.86. The molecule has 0 aromatic heterocycles. The Morgan fingerprint density at radius 1 is 1.64 bits per heavy atom. The van der Waals surface area contributed by atoms with Crippen LogP contribution in [0, 0.1) is 10.1 Å². The van der Waals surface area contributed by atoms with Gasteiger partial charge in [0, 0.05) is 17.1 Å². The van der Waals surface area contributed by atoms with Crippen molar-refractivity contribution in [2.45, 2.75) is 6.17 Å². The number of nitro benzene ring substituents is 1. The largest absolute Gasteiger partial charge is 0.327 e. The lowest BCUT2D eigenvalue weighted by Crippen LogP contribution is -2.09. The smallest absolute Gasteiger partial charge is 0.276 e. The first-order chi connectivity index (χ1) is 6.56. The van der Waals surface area contributed by atoms with Gasteiger partial charge in [0.1, 0.15) is 6.17 Å². The minimum atomic E-state index is -1.50. The first-order valence-corrected chi connectivity index (χ1v) is 4.63. The molecule has 0 saturated carbocycles. The molecule has 1 unspecified atom stereocenters. The van der Waals surface area contributed by atoms with Crippen molar-refractivity contribution in [1.29, 1.82) is 0 Å². The zero-order chi connectivity index (χ0) is 10.7. The van der Waals surface area contributed by atoms with Crippen molar-refractivity contribution in [2.75, 3.05) is 6.54 Å². The van der Waals surface area contributed by atoms with E-state index in [1.165, 1.54) is 12.1 Å². The highest BCUT2D eigenvalue weighted by Gasteiger charge is 2.20. The van der Waals surface area contributed by atoms with Gasteiger partial charge >= 0.3 is 0 Å². The van der Waals surface area contributed by atoms with Gasteiger partial charge in [-0.2, -0.15) is 0 Å². The van der Waals surface area contributed by atoms with Crippen LogP contribution < -0.4 is 5.73 Å². The second-order valence-electron chi connectivity index (χ2n) is 2.66. The van der Waals surface area contributed by atoms with Crippen LogP contribution in [0.4, 0.5) is 10.1 Å². The molecule has 4 nitrogen and oxygen atoms in total. The molecule has 0 amide bonds. The molecule has 0 spiro atoms. The number of rotatable bonds is 3. The van der Waals surface area contributed by atoms with Gasteiger partial charge in [0.15, 0.2) is 0 Å². The Hall–Kier alpha value is -1.01. The third kappa shape index (κ3) is 2.27. The molecule has 76 valence electrons. The average Bonchev–Trinajstić information content (AvgIpc) is 2.16. The number of hydrogen-bond donors (Lipinski definition) is 1. The van der Waals surface area contributed by atoms with Crippen LogP contribution in [-0.4, -0.2) is 11.5 Å². The molecular formula is C8H8BrFN2O2. The van der Waals surface area contributed by atoms with E-state index in [1.54, 1.807) is 6.07 Å². The van der Waals surface area contributed by atoms with Crippen LogP contribution in [0.25, 0.3) is 0 Å². The summed E-state index contributed by atoms with van der Waals surface area (Å²) in [4.78, 5) is 9.95. The molecule has 0 saturated heterocycles. The van der Waals surface area contributed by atoms with Gasteiger partial charge in [0.2, 0.25) is 0 Å². The summed E-state index contributed by atoms with van der Waals surface area (Å²) >= 11 is 3.08. The van der Waals surface area contributed by atoms with Gasteiger partial charge in [-0.25, -0.2) is 4.39 Å². The number of nitro groups is 1. The Labute approximate surface area is 88.2 Å². The quantitative estimate of drug-likeness (QED) is 0.672. The third-order valence-corrected chi connectivity index (χ3v) is 2.23. The van der Waals surface area contributed by atoms with E-state index in [9.17, 15) is 14.5 Å². The average molecular weight is 263 g/mol. The predicted octanol–water partition coefficient (Wildman–Crippen LogP) is 2.33. The Kier molecular flexibility index (Phi) is 3.54. The Balaban J connectivity index is 3.21. The first kappa shape index (κ1) is 11.1. The minimum Gasteiger partial charge on any atom is -0.327 e. The summed E-state index contributed by atoms with van der Waals surface area (Å²) in [6.45, 7) is -0.261. The molecule has 0 radical (unpaired) electrons. The van der Waals surface area contributed by atoms with Crippen LogP contribution in [0.2, 0.25) is 0 Å². The van der Waals surface area contributed by atoms with E-state index in [1.807, 2.05) is 0 Å². The van der Waals surface area contributed by atoms with Crippen LogP contribution in [0.5, 0.6) is 0 Å². The van der Waals surface area contributed by atoms with Crippen molar-refractivity contribution in [2.24, 2.45) is 5.73 Å². The molecule has 1 aromatic rings. The van der Waals surface area contributed by atoms with Gasteiger partial charge in [-0.15, -0.1) is 0 Å². The van der Waals surface area contributed by atoms with E-state index in [2.05, 4.69) is 15.9 Å². The second-order valence-corrected chi connectivity index (χ2v) is 3.58. The molecule has 1 aromatic carbocycles. The van der Waals surface area contributed by atoms with E-state index in [4.69, 9.17) is 5.73 Å². The standard InChI is InChI=1S/C8H8BrFN2O2/c9-5-1-2-6(7(10)4-11)8(3-5)12(13)14/h1-3,7H,4,11H2. The van der Waals surface area contributed by atoms with Crippen molar-refractivity contribution < 1.29 is 9.31 Å². The summed E-state index contributed by atoms with van der Waals surface area (Å²) in [6.07, 6.45) is -1.50. The number of alkyl halides is 1. The van der Waals surface area contributed by atoms with Gasteiger partial charge in [-0.3, -0.25) is 10.1 Å². The van der Waals surface area contributed by atoms with Crippen LogP contribution in [0.15, 0.2) is 22.7 Å². The van der Waals surface area contributed by atoms with Gasteiger partial charge < -0.3 is 5.73 Å². The molecule has 14 heavy (non-hydrogen) atoms. The van der Waals surface area contributed by atoms with Crippen molar-refractivity contribution in [3.05, 3.63) is 38.3 Å². The van der Waals surface area contributed by atoms with Crippen molar-refractivity contribution in [3.8, 4) is 0 Å². The van der Waals surface area contributed by atoms with Crippen LogP contribution in [0.1, 0.15) is 11.7 Å². The lowest BCUT2D eigenvalue weighted by Gasteiger charge is -2.06. The Morgan fingerprint density at radius 2 is 2.29 bits per heavy atom. The normalized spacial score (nSPS) is 12.5. The molecule has 0 aliphatic carbocycles. The zero-order valence-corrected chi connectivity index (χ0v) is 8.70. The van der Waals surface area contributed by atoms with Crippen molar-refractivity contribution in [1.82, 2.24) is 0 Å². The Bertz CT molecular complexity index is 359. The maximum absolute atomic E-state index is 13.2. The molecular weight excluding hydrogens is 255 g/mol. The summed E-state index contributed by atoms with van der Waals surface area (Å²) in [5, 5.41) is 10.6. The second kappa shape index (κ2) is 4.47. The fourth-order valence-electron chi connectivity index (χ4n) is 1.07. The highest BCUT2D eigenvalue weighted by Crippen LogP contribution is 2.29. The number of benzene rings is 1. The van der Waals surface area contributed by atoms with Crippen LogP contribution >= 0.6 is 15.9 Å². The molecule has 0 heterocycles. The van der Waals surface area contributed by atoms with E-state index in [0.717, 1.165) is 0 Å². The summed E-state index contributed by atoms with van der Waals surface area (Å²) in [5.74, 6) is 0. The molecule has 2 N–H and O–H groups in total. The maximum atomic E-state index is 13.2. The fourth-order valence-corrected chi connectivity index (χ4v) is 1.42. The van der Waals surface area contributed by atoms with Crippen molar-refractivity contribution in [3.63, 3.8) is 0 Å². The monoisotopic (exact) mass is 262 g/mol. The molecule has 0 aliphatic heterocycles. The number of halogens is 2. The summed E-state index contributed by atoms with van der Waals surface area (Å²) < 4.78 is 13.7. The minimum absolute atomic E-state index is 0.0145. The summed E-state index contributed by atoms with van der Waals surface area (Å²) in [7, 11) is 0. The number of hydrogen-bond acceptors (Lipinski definition) is 3. The van der Waals surface area contributed by atoms with E-state index in [0.29, 0.717) is 4.47 Å².